The molecule has 0 aliphatic rings. The average Bonchev–Trinajstić information content (AvgIpc) is 1.78. The third-order valence-corrected chi connectivity index (χ3v) is 1.16. The minimum absolute atomic E-state index is 0.152. The van der Waals surface area contributed by atoms with Crippen LogP contribution < -0.4 is 0 Å². The molecule has 0 atom stereocenters. The summed E-state index contributed by atoms with van der Waals surface area (Å²) in [5.41, 5.74) is -0.734. The quantitative estimate of drug-likeness (QED) is 0.482. The Morgan fingerprint density at radius 1 is 1.55 bits per heavy atom. The molecular formula is C7H14O4. The van der Waals surface area contributed by atoms with Crippen LogP contribution in [0.2, 0.25) is 0 Å². The van der Waals surface area contributed by atoms with Gasteiger partial charge in [-0.2, -0.15) is 0 Å². The van der Waals surface area contributed by atoms with E-state index in [-0.39, 0.29) is 6.61 Å². The largest absolute Gasteiger partial charge is 0.505 e. The minimum Gasteiger partial charge on any atom is -0.450 e. The fourth-order valence-corrected chi connectivity index (χ4v) is 0.664. The van der Waals surface area contributed by atoms with Crippen molar-refractivity contribution in [2.75, 3.05) is 6.61 Å². The number of ether oxygens (including phenoxy) is 1. The van der Waals surface area contributed by atoms with Gasteiger partial charge < -0.3 is 14.9 Å². The molecule has 0 saturated heterocycles. The predicted molar refractivity (Wildman–Crippen MR) is 39.5 cm³/mol. The molecule has 0 unspecified atom stereocenters. The second-order valence-electron chi connectivity index (χ2n) is 3.03. The van der Waals surface area contributed by atoms with E-state index in [1.54, 1.807) is 13.8 Å². The molecule has 0 aliphatic carbocycles. The first-order chi connectivity index (χ1) is 4.92. The van der Waals surface area contributed by atoms with Crippen molar-refractivity contribution in [3.63, 3.8) is 0 Å². The molecule has 0 aromatic carbocycles. The van der Waals surface area contributed by atoms with Crippen molar-refractivity contribution in [1.29, 1.82) is 0 Å². The van der Waals surface area contributed by atoms with Gasteiger partial charge in [-0.1, -0.05) is 0 Å². The van der Waals surface area contributed by atoms with Crippen molar-refractivity contribution >= 4 is 6.16 Å². The molecule has 0 radical (unpaired) electrons. The van der Waals surface area contributed by atoms with E-state index in [0.717, 1.165) is 0 Å². The van der Waals surface area contributed by atoms with Gasteiger partial charge in [-0.25, -0.2) is 4.79 Å². The lowest BCUT2D eigenvalue weighted by Crippen LogP contribution is -2.19. The maximum Gasteiger partial charge on any atom is 0.505 e. The zero-order chi connectivity index (χ0) is 8.91. The van der Waals surface area contributed by atoms with Crippen LogP contribution in [0.1, 0.15) is 26.7 Å². The van der Waals surface area contributed by atoms with Crippen LogP contribution >= 0.6 is 0 Å². The van der Waals surface area contributed by atoms with Crippen molar-refractivity contribution in [2.24, 2.45) is 0 Å². The van der Waals surface area contributed by atoms with E-state index in [9.17, 15) is 9.90 Å². The number of hydrogen-bond donors (Lipinski definition) is 2. The summed E-state index contributed by atoms with van der Waals surface area (Å²) in [5.74, 6) is 0. The average molecular weight is 162 g/mol. The molecule has 66 valence electrons. The first-order valence-electron chi connectivity index (χ1n) is 3.50. The molecular weight excluding hydrogens is 148 g/mol. The number of rotatable bonds is 4. The summed E-state index contributed by atoms with van der Waals surface area (Å²) in [6.45, 7) is 3.50. The highest BCUT2D eigenvalue weighted by Gasteiger charge is 2.11. The van der Waals surface area contributed by atoms with E-state index in [1.807, 2.05) is 0 Å². The third-order valence-electron chi connectivity index (χ3n) is 1.16. The van der Waals surface area contributed by atoms with Crippen LogP contribution in [-0.4, -0.2) is 28.6 Å². The lowest BCUT2D eigenvalue weighted by atomic mass is 10.0. The van der Waals surface area contributed by atoms with Crippen LogP contribution in [0.3, 0.4) is 0 Å². The summed E-state index contributed by atoms with van der Waals surface area (Å²) in [6, 6.07) is 0. The fourth-order valence-electron chi connectivity index (χ4n) is 0.664. The minimum atomic E-state index is -1.26. The number of carbonyl (C=O) groups is 1. The Morgan fingerprint density at radius 2 is 2.09 bits per heavy atom. The molecule has 11 heavy (non-hydrogen) atoms. The molecule has 4 heteroatoms. The molecule has 4 nitrogen and oxygen atoms in total. The van der Waals surface area contributed by atoms with Crippen LogP contribution in [0.4, 0.5) is 4.79 Å². The van der Waals surface area contributed by atoms with Crippen molar-refractivity contribution < 1.29 is 19.7 Å². The van der Waals surface area contributed by atoms with Gasteiger partial charge in [0.15, 0.2) is 0 Å². The molecule has 0 aromatic rings. The van der Waals surface area contributed by atoms with Gasteiger partial charge in [0.25, 0.3) is 0 Å². The normalized spacial score (nSPS) is 11.2. The topological polar surface area (TPSA) is 66.8 Å². The maximum atomic E-state index is 9.84. The van der Waals surface area contributed by atoms with Crippen LogP contribution in [0.5, 0.6) is 0 Å². The molecule has 0 bridgehead atoms. The Bertz CT molecular complexity index is 125. The van der Waals surface area contributed by atoms with Crippen molar-refractivity contribution in [3.05, 3.63) is 0 Å². The number of aliphatic hydroxyl groups is 1. The predicted octanol–water partition coefficient (Wildman–Crippen LogP) is 1.23. The lowest BCUT2D eigenvalue weighted by Gasteiger charge is -2.15. The Hall–Kier alpha value is -0.770. The van der Waals surface area contributed by atoms with Crippen LogP contribution in [0.15, 0.2) is 0 Å². The summed E-state index contributed by atoms with van der Waals surface area (Å²) < 4.78 is 4.24. The molecule has 2 N–H and O–H groups in total. The Kier molecular flexibility index (Phi) is 3.89. The van der Waals surface area contributed by atoms with Gasteiger partial charge in [0.05, 0.1) is 12.2 Å². The van der Waals surface area contributed by atoms with E-state index in [4.69, 9.17) is 5.11 Å². The van der Waals surface area contributed by atoms with Gasteiger partial charge >= 0.3 is 6.16 Å². The Labute approximate surface area is 65.8 Å². The van der Waals surface area contributed by atoms with Gasteiger partial charge in [0.2, 0.25) is 0 Å². The van der Waals surface area contributed by atoms with Crippen molar-refractivity contribution in [1.82, 2.24) is 0 Å². The van der Waals surface area contributed by atoms with Gasteiger partial charge in [0, 0.05) is 0 Å². The highest BCUT2D eigenvalue weighted by molar-refractivity contribution is 5.56. The standard InChI is InChI=1S/C7H14O4/c1-7(2,10)4-3-5-11-6(8)9/h10H,3-5H2,1-2H3,(H,8,9). The van der Waals surface area contributed by atoms with Crippen LogP contribution in [-0.2, 0) is 4.74 Å². The highest BCUT2D eigenvalue weighted by Crippen LogP contribution is 2.09. The van der Waals surface area contributed by atoms with E-state index in [0.29, 0.717) is 12.8 Å². The Morgan fingerprint density at radius 3 is 2.45 bits per heavy atom. The molecule has 0 fully saturated rings. The summed E-state index contributed by atoms with van der Waals surface area (Å²) in [5, 5.41) is 17.2. The lowest BCUT2D eigenvalue weighted by molar-refractivity contribution is 0.0511. The van der Waals surface area contributed by atoms with Gasteiger partial charge in [-0.05, 0) is 26.7 Å². The van der Waals surface area contributed by atoms with Crippen molar-refractivity contribution in [2.45, 2.75) is 32.3 Å². The molecule has 0 rings (SSSR count). The van der Waals surface area contributed by atoms with Gasteiger partial charge in [0.1, 0.15) is 0 Å². The van der Waals surface area contributed by atoms with E-state index < -0.39 is 11.8 Å². The fraction of sp³-hybridized carbons (Fsp3) is 0.857. The highest BCUT2D eigenvalue weighted by atomic mass is 16.7. The third kappa shape index (κ3) is 9.23. The summed E-state index contributed by atoms with van der Waals surface area (Å²) in [6.07, 6.45) is -0.170. The maximum absolute atomic E-state index is 9.84. The van der Waals surface area contributed by atoms with E-state index >= 15 is 0 Å². The number of hydrogen-bond acceptors (Lipinski definition) is 3. The molecule has 0 aromatic heterocycles. The van der Waals surface area contributed by atoms with Gasteiger partial charge in [-0.3, -0.25) is 0 Å². The summed E-state index contributed by atoms with van der Waals surface area (Å²) >= 11 is 0. The van der Waals surface area contributed by atoms with E-state index in [2.05, 4.69) is 4.74 Å². The second-order valence-corrected chi connectivity index (χ2v) is 3.03. The van der Waals surface area contributed by atoms with Crippen LogP contribution in [0.25, 0.3) is 0 Å². The number of carboxylic acid groups (broad SMARTS) is 1. The zero-order valence-corrected chi connectivity index (χ0v) is 6.83. The second kappa shape index (κ2) is 4.18. The SMILES string of the molecule is CC(C)(O)CCCOC(=O)O. The molecule has 0 heterocycles. The monoisotopic (exact) mass is 162 g/mol. The van der Waals surface area contributed by atoms with Crippen LogP contribution in [0, 0.1) is 0 Å². The van der Waals surface area contributed by atoms with Crippen molar-refractivity contribution in [3.8, 4) is 0 Å². The van der Waals surface area contributed by atoms with E-state index in [1.165, 1.54) is 0 Å². The summed E-state index contributed by atoms with van der Waals surface area (Å²) in [7, 11) is 0. The van der Waals surface area contributed by atoms with Gasteiger partial charge in [-0.15, -0.1) is 0 Å². The first-order valence-corrected chi connectivity index (χ1v) is 3.50. The summed E-state index contributed by atoms with van der Waals surface area (Å²) in [4.78, 5) is 9.84. The molecule has 0 spiro atoms. The molecule has 0 amide bonds. The molecule has 0 saturated carbocycles. The first kappa shape index (κ1) is 10.2. The smallest absolute Gasteiger partial charge is 0.450 e. The zero-order valence-electron chi connectivity index (χ0n) is 6.83. The molecule has 0 aliphatic heterocycles. The Balaban J connectivity index is 3.22.